The molecule has 0 bridgehead atoms. The fourth-order valence-electron chi connectivity index (χ4n) is 3.13. The van der Waals surface area contributed by atoms with E-state index in [2.05, 4.69) is 39.9 Å². The largest absolute Gasteiger partial charge is 0.460 e. The van der Waals surface area contributed by atoms with E-state index in [9.17, 15) is 9.59 Å². The third-order valence-electron chi connectivity index (χ3n) is 5.82. The first kappa shape index (κ1) is 27.9. The Balaban J connectivity index is 3.75. The van der Waals surface area contributed by atoms with Crippen LogP contribution in [0.1, 0.15) is 126 Å². The van der Waals surface area contributed by atoms with Crippen LogP contribution in [0.5, 0.6) is 0 Å². The number of carbonyl (C=O) groups excluding carboxylic acids is 2. The molecule has 1 amide bonds. The second-order valence-corrected chi connectivity index (χ2v) is 10.4. The normalized spacial score (nSPS) is 12.3. The summed E-state index contributed by atoms with van der Waals surface area (Å²) in [5, 5.41) is 2.99. The Morgan fingerprint density at radius 3 is 2.10 bits per heavy atom. The van der Waals surface area contributed by atoms with E-state index in [-0.39, 0.29) is 17.3 Å². The van der Waals surface area contributed by atoms with Gasteiger partial charge in [-0.3, -0.25) is 9.59 Å². The number of hydrogen-bond acceptors (Lipinski definition) is 3. The third-order valence-corrected chi connectivity index (χ3v) is 5.82. The molecule has 0 aliphatic heterocycles. The van der Waals surface area contributed by atoms with E-state index < -0.39 is 5.60 Å². The molecule has 0 aromatic heterocycles. The lowest BCUT2D eigenvalue weighted by molar-refractivity contribution is -0.157. The lowest BCUT2D eigenvalue weighted by Crippen LogP contribution is -2.30. The topological polar surface area (TPSA) is 55.4 Å². The molecule has 0 saturated carbocycles. The molecule has 1 N–H and O–H groups in total. The molecule has 172 valence electrons. The molecule has 0 spiro atoms. The minimum absolute atomic E-state index is 0.0997. The molecule has 0 fully saturated rings. The van der Waals surface area contributed by atoms with Crippen LogP contribution in [0.3, 0.4) is 0 Å². The van der Waals surface area contributed by atoms with Gasteiger partial charge in [-0.25, -0.2) is 0 Å². The molecule has 4 nitrogen and oxygen atoms in total. The van der Waals surface area contributed by atoms with E-state index >= 15 is 0 Å². The zero-order valence-corrected chi connectivity index (χ0v) is 20.5. The van der Waals surface area contributed by atoms with Crippen LogP contribution in [0, 0.1) is 11.3 Å². The number of rotatable bonds is 17. The van der Waals surface area contributed by atoms with E-state index in [1.165, 1.54) is 25.7 Å². The van der Waals surface area contributed by atoms with Gasteiger partial charge in [0.25, 0.3) is 0 Å². The smallest absolute Gasteiger partial charge is 0.306 e. The molecule has 0 aliphatic rings. The molecule has 0 radical (unpaired) electrons. The quantitative estimate of drug-likeness (QED) is 0.211. The van der Waals surface area contributed by atoms with Crippen molar-refractivity contribution in [2.45, 2.75) is 131 Å². The van der Waals surface area contributed by atoms with Gasteiger partial charge >= 0.3 is 5.97 Å². The molecular formula is C25H49NO3. The van der Waals surface area contributed by atoms with E-state index in [0.717, 1.165) is 44.6 Å². The Morgan fingerprint density at radius 2 is 1.48 bits per heavy atom. The maximum atomic E-state index is 12.1. The fraction of sp³-hybridized carbons (Fsp3) is 0.920. The van der Waals surface area contributed by atoms with Gasteiger partial charge < -0.3 is 10.1 Å². The summed E-state index contributed by atoms with van der Waals surface area (Å²) >= 11 is 0. The van der Waals surface area contributed by atoms with Gasteiger partial charge in [0.05, 0.1) is 0 Å². The highest BCUT2D eigenvalue weighted by atomic mass is 16.6. The van der Waals surface area contributed by atoms with Crippen LogP contribution in [0.4, 0.5) is 0 Å². The van der Waals surface area contributed by atoms with Gasteiger partial charge in [-0.05, 0) is 57.3 Å². The van der Waals surface area contributed by atoms with Crippen LogP contribution in [-0.2, 0) is 14.3 Å². The molecule has 0 unspecified atom stereocenters. The average molecular weight is 412 g/mol. The van der Waals surface area contributed by atoms with Crippen molar-refractivity contribution in [2.75, 3.05) is 6.54 Å². The van der Waals surface area contributed by atoms with Crippen molar-refractivity contribution >= 4 is 11.9 Å². The highest BCUT2D eigenvalue weighted by Crippen LogP contribution is 2.31. The molecule has 0 saturated heterocycles. The van der Waals surface area contributed by atoms with Crippen LogP contribution in [0.25, 0.3) is 0 Å². The van der Waals surface area contributed by atoms with Crippen LogP contribution >= 0.6 is 0 Å². The molecular weight excluding hydrogens is 362 g/mol. The van der Waals surface area contributed by atoms with Gasteiger partial charge in [0, 0.05) is 19.4 Å². The first-order chi connectivity index (χ1) is 13.5. The van der Waals surface area contributed by atoms with Crippen LogP contribution in [-0.4, -0.2) is 24.0 Å². The van der Waals surface area contributed by atoms with E-state index in [1.807, 2.05) is 13.8 Å². The van der Waals surface area contributed by atoms with Gasteiger partial charge in [0.1, 0.15) is 5.60 Å². The minimum atomic E-state index is -0.421. The summed E-state index contributed by atoms with van der Waals surface area (Å²) in [6.45, 7) is 16.0. The standard InChI is InChI=1S/C25H49NO3/c1-8-24(4,5)18-19-25(6,7)29-23(28)17-13-12-16-22(27)26-20-14-10-9-11-15-21(2)3/h21H,8-20H2,1-7H3,(H,26,27). The van der Waals surface area contributed by atoms with Crippen molar-refractivity contribution in [3.8, 4) is 0 Å². The van der Waals surface area contributed by atoms with Crippen molar-refractivity contribution in [3.63, 3.8) is 0 Å². The van der Waals surface area contributed by atoms with E-state index in [0.29, 0.717) is 19.3 Å². The zero-order valence-electron chi connectivity index (χ0n) is 20.5. The molecule has 4 heteroatoms. The summed E-state index contributed by atoms with van der Waals surface area (Å²) in [6.07, 6.45) is 11.4. The first-order valence-electron chi connectivity index (χ1n) is 12.0. The third kappa shape index (κ3) is 17.5. The molecule has 0 aromatic rings. The first-order valence-corrected chi connectivity index (χ1v) is 12.0. The summed E-state index contributed by atoms with van der Waals surface area (Å²) in [5.41, 5.74) is -0.138. The fourth-order valence-corrected chi connectivity index (χ4v) is 3.13. The Morgan fingerprint density at radius 1 is 0.862 bits per heavy atom. The number of hydrogen-bond donors (Lipinski definition) is 1. The van der Waals surface area contributed by atoms with Crippen LogP contribution in [0.15, 0.2) is 0 Å². The molecule has 0 atom stereocenters. The zero-order chi connectivity index (χ0) is 22.3. The van der Waals surface area contributed by atoms with E-state index in [4.69, 9.17) is 4.74 Å². The maximum absolute atomic E-state index is 12.1. The lowest BCUT2D eigenvalue weighted by atomic mass is 9.82. The second kappa shape index (κ2) is 14.8. The summed E-state index contributed by atoms with van der Waals surface area (Å²) in [5.74, 6) is 0.736. The van der Waals surface area contributed by atoms with Crippen molar-refractivity contribution in [3.05, 3.63) is 0 Å². The van der Waals surface area contributed by atoms with Crippen LogP contribution in [0.2, 0.25) is 0 Å². The monoisotopic (exact) mass is 411 g/mol. The van der Waals surface area contributed by atoms with Gasteiger partial charge in [-0.1, -0.05) is 66.7 Å². The van der Waals surface area contributed by atoms with Gasteiger partial charge in [-0.15, -0.1) is 0 Å². The predicted molar refractivity (Wildman–Crippen MR) is 123 cm³/mol. The summed E-state index contributed by atoms with van der Waals surface area (Å²) < 4.78 is 5.67. The Labute approximate surface area is 180 Å². The number of ether oxygens (including phenoxy) is 1. The van der Waals surface area contributed by atoms with E-state index in [1.54, 1.807) is 0 Å². The van der Waals surface area contributed by atoms with Crippen molar-refractivity contribution in [1.29, 1.82) is 0 Å². The SMILES string of the molecule is CCC(C)(C)CCC(C)(C)OC(=O)CCCCC(=O)NCCCCCCC(C)C. The highest BCUT2D eigenvalue weighted by molar-refractivity contribution is 5.75. The summed E-state index contributed by atoms with van der Waals surface area (Å²) in [7, 11) is 0. The number of unbranched alkanes of at least 4 members (excludes halogenated alkanes) is 4. The van der Waals surface area contributed by atoms with Gasteiger partial charge in [-0.2, -0.15) is 0 Å². The molecule has 0 aromatic carbocycles. The van der Waals surface area contributed by atoms with Crippen molar-refractivity contribution < 1.29 is 14.3 Å². The number of nitrogens with one attached hydrogen (secondary N) is 1. The molecule has 29 heavy (non-hydrogen) atoms. The second-order valence-electron chi connectivity index (χ2n) is 10.4. The van der Waals surface area contributed by atoms with Crippen molar-refractivity contribution in [1.82, 2.24) is 5.32 Å². The number of carbonyl (C=O) groups is 2. The minimum Gasteiger partial charge on any atom is -0.460 e. The molecule has 0 heterocycles. The average Bonchev–Trinajstić information content (AvgIpc) is 2.62. The van der Waals surface area contributed by atoms with Crippen LogP contribution < -0.4 is 5.32 Å². The Hall–Kier alpha value is -1.06. The Kier molecular flexibility index (Phi) is 14.3. The Bertz CT molecular complexity index is 455. The van der Waals surface area contributed by atoms with Gasteiger partial charge in [0.15, 0.2) is 0 Å². The highest BCUT2D eigenvalue weighted by Gasteiger charge is 2.26. The summed E-state index contributed by atoms with van der Waals surface area (Å²) in [4.78, 5) is 24.0. The summed E-state index contributed by atoms with van der Waals surface area (Å²) in [6, 6.07) is 0. The van der Waals surface area contributed by atoms with Crippen molar-refractivity contribution in [2.24, 2.45) is 11.3 Å². The number of esters is 1. The predicted octanol–water partition coefficient (Wildman–Crippen LogP) is 6.81. The molecule has 0 rings (SSSR count). The number of amides is 1. The maximum Gasteiger partial charge on any atom is 0.306 e. The lowest BCUT2D eigenvalue weighted by Gasteiger charge is -2.30. The molecule has 0 aliphatic carbocycles. The van der Waals surface area contributed by atoms with Gasteiger partial charge in [0.2, 0.25) is 5.91 Å².